The number of ether oxygens (including phenoxy) is 1. The Balaban J connectivity index is 0.000000771. The molecule has 3 N–H and O–H groups in total. The van der Waals surface area contributed by atoms with Crippen molar-refractivity contribution in [2.24, 2.45) is 0 Å². The third-order valence-electron chi connectivity index (χ3n) is 6.45. The number of hydrogen-bond acceptors (Lipinski definition) is 10. The van der Waals surface area contributed by atoms with Crippen LogP contribution in [-0.2, 0) is 22.6 Å². The summed E-state index contributed by atoms with van der Waals surface area (Å²) in [6, 6.07) is 9.40. The molecule has 0 radical (unpaired) electrons. The van der Waals surface area contributed by atoms with Crippen molar-refractivity contribution in [3.8, 4) is 5.75 Å². The summed E-state index contributed by atoms with van der Waals surface area (Å²) in [6.07, 6.45) is -5.87. The lowest BCUT2D eigenvalue weighted by atomic mass is 10.2. The molecular formula is C27H31F6N9O5. The number of carbonyl (C=O) groups is 3. The number of nitrogens with zero attached hydrogens (tertiary/aromatic N) is 7. The molecular weight excluding hydrogens is 644 g/mol. The van der Waals surface area contributed by atoms with Crippen LogP contribution in [0.1, 0.15) is 29.0 Å². The first-order chi connectivity index (χ1) is 22.1. The van der Waals surface area contributed by atoms with Gasteiger partial charge in [-0.1, -0.05) is 11.3 Å². The quantitative estimate of drug-likeness (QED) is 0.202. The number of anilines is 2. The molecule has 1 saturated heterocycles. The van der Waals surface area contributed by atoms with E-state index in [4.69, 9.17) is 9.90 Å². The van der Waals surface area contributed by atoms with Crippen molar-refractivity contribution in [2.45, 2.75) is 38.3 Å². The monoisotopic (exact) mass is 675 g/mol. The fraction of sp³-hybridized carbons (Fsp3) is 0.444. The number of aromatic nitrogens is 5. The molecule has 3 heterocycles. The molecule has 3 aromatic rings. The van der Waals surface area contributed by atoms with Crippen molar-refractivity contribution in [3.63, 3.8) is 0 Å². The van der Waals surface area contributed by atoms with Gasteiger partial charge < -0.3 is 25.4 Å². The smallest absolute Gasteiger partial charge is 0.475 e. The highest BCUT2D eigenvalue weighted by Gasteiger charge is 2.38. The highest BCUT2D eigenvalue weighted by atomic mass is 19.4. The summed E-state index contributed by atoms with van der Waals surface area (Å²) in [4.78, 5) is 36.9. The molecule has 0 aliphatic carbocycles. The topological polar surface area (TPSA) is 168 Å². The number of carboxylic acid groups (broad SMARTS) is 1. The average molecular weight is 676 g/mol. The lowest BCUT2D eigenvalue weighted by molar-refractivity contribution is -0.274. The van der Waals surface area contributed by atoms with Gasteiger partial charge in [0.15, 0.2) is 11.5 Å². The van der Waals surface area contributed by atoms with E-state index < -0.39 is 18.5 Å². The first kappa shape index (κ1) is 36.5. The van der Waals surface area contributed by atoms with Gasteiger partial charge in [-0.25, -0.2) is 4.79 Å². The van der Waals surface area contributed by atoms with Gasteiger partial charge in [-0.05, 0) is 43.5 Å². The molecule has 14 nitrogen and oxygen atoms in total. The number of carboxylic acids is 1. The lowest BCUT2D eigenvalue weighted by Gasteiger charge is -2.35. The van der Waals surface area contributed by atoms with Crippen LogP contribution in [0, 0.1) is 0 Å². The van der Waals surface area contributed by atoms with E-state index in [2.05, 4.69) is 35.9 Å². The predicted molar refractivity (Wildman–Crippen MR) is 152 cm³/mol. The number of aryl methyl sites for hydroxylation is 2. The van der Waals surface area contributed by atoms with Crippen LogP contribution in [-0.4, -0.2) is 105 Å². The second-order valence-corrected chi connectivity index (χ2v) is 9.97. The van der Waals surface area contributed by atoms with Gasteiger partial charge in [0.1, 0.15) is 5.75 Å². The Kier molecular flexibility index (Phi) is 12.8. The highest BCUT2D eigenvalue weighted by molar-refractivity contribution is 5.91. The van der Waals surface area contributed by atoms with Crippen LogP contribution in [0.25, 0.3) is 0 Å². The van der Waals surface area contributed by atoms with Gasteiger partial charge in [-0.3, -0.25) is 19.2 Å². The molecule has 1 fully saturated rings. The maximum absolute atomic E-state index is 12.5. The van der Waals surface area contributed by atoms with E-state index in [9.17, 15) is 35.9 Å². The Bertz CT molecular complexity index is 1480. The summed E-state index contributed by atoms with van der Waals surface area (Å²) in [7, 11) is 1.54. The standard InChI is InChI=1S/C25H30F3N9O3.C2HF3O2/c1-29-24(39)21-16-37(34-32-21)10-3-2-5-18-8-9-22(33-31-18)30-23(38)17-35-11-13-36(14-12-35)19-6-4-7-20(15-19)40-25(26,27)28;3-2(4,5)1(6)7/h4,6-9,15-16H,2-3,5,10-14,17H2,1H3,(H,29,39)(H,30,33,38);(H,6,7). The van der Waals surface area contributed by atoms with E-state index in [-0.39, 0.29) is 29.8 Å². The molecule has 0 saturated carbocycles. The summed E-state index contributed by atoms with van der Waals surface area (Å²) in [6.45, 7) is 3.05. The van der Waals surface area contributed by atoms with Gasteiger partial charge >= 0.3 is 18.5 Å². The number of nitrogens with one attached hydrogen (secondary N) is 2. The maximum atomic E-state index is 12.5. The molecule has 1 aliphatic heterocycles. The van der Waals surface area contributed by atoms with E-state index in [1.54, 1.807) is 23.0 Å². The number of amides is 2. The molecule has 1 aliphatic rings. The van der Waals surface area contributed by atoms with E-state index >= 15 is 0 Å². The molecule has 0 bridgehead atoms. The average Bonchev–Trinajstić information content (AvgIpc) is 3.48. The van der Waals surface area contributed by atoms with Gasteiger partial charge in [-0.2, -0.15) is 18.3 Å². The number of carbonyl (C=O) groups excluding carboxylic acids is 2. The van der Waals surface area contributed by atoms with Gasteiger partial charge in [0, 0.05) is 51.5 Å². The Morgan fingerprint density at radius 3 is 2.26 bits per heavy atom. The summed E-state index contributed by atoms with van der Waals surface area (Å²) < 4.78 is 74.9. The van der Waals surface area contributed by atoms with Crippen molar-refractivity contribution in [1.82, 2.24) is 35.4 Å². The Labute approximate surface area is 263 Å². The highest BCUT2D eigenvalue weighted by Crippen LogP contribution is 2.27. The van der Waals surface area contributed by atoms with Crippen LogP contribution in [0.4, 0.5) is 37.8 Å². The van der Waals surface area contributed by atoms with Crippen molar-refractivity contribution in [1.29, 1.82) is 0 Å². The minimum atomic E-state index is -5.08. The Hall–Kier alpha value is -5.01. The number of aliphatic carboxylic acids is 1. The number of rotatable bonds is 11. The lowest BCUT2D eigenvalue weighted by Crippen LogP contribution is -2.48. The number of alkyl halides is 6. The maximum Gasteiger partial charge on any atom is 0.573 e. The van der Waals surface area contributed by atoms with Gasteiger partial charge in [0.2, 0.25) is 5.91 Å². The second kappa shape index (κ2) is 16.5. The molecule has 4 rings (SSSR count). The van der Waals surface area contributed by atoms with Crippen LogP contribution in [0.15, 0.2) is 42.6 Å². The molecule has 2 aromatic heterocycles. The number of halogens is 6. The molecule has 1 aromatic carbocycles. The summed E-state index contributed by atoms with van der Waals surface area (Å²) in [5, 5.41) is 28.4. The normalized spacial score (nSPS) is 13.7. The SMILES string of the molecule is CNC(=O)c1cn(CCCCc2ccc(NC(=O)CN3CCN(c4cccc(OC(F)(F)F)c4)CC3)nn2)nn1.O=C(O)C(F)(F)F. The Morgan fingerprint density at radius 1 is 0.957 bits per heavy atom. The van der Waals surface area contributed by atoms with E-state index in [1.807, 2.05) is 15.9 Å². The number of unbranched alkanes of at least 4 members (excludes halogenated alkanes) is 1. The van der Waals surface area contributed by atoms with Crippen molar-refractivity contribution < 1.29 is 50.6 Å². The number of piperazine rings is 1. The number of benzene rings is 1. The third kappa shape index (κ3) is 12.7. The summed E-state index contributed by atoms with van der Waals surface area (Å²) in [5.41, 5.74) is 1.70. The van der Waals surface area contributed by atoms with Crippen LogP contribution in [0.5, 0.6) is 5.75 Å². The van der Waals surface area contributed by atoms with Crippen LogP contribution in [0.2, 0.25) is 0 Å². The van der Waals surface area contributed by atoms with E-state index in [0.29, 0.717) is 50.6 Å². The third-order valence-corrected chi connectivity index (χ3v) is 6.45. The van der Waals surface area contributed by atoms with E-state index in [0.717, 1.165) is 18.5 Å². The summed E-state index contributed by atoms with van der Waals surface area (Å²) in [5.74, 6) is -3.16. The fourth-order valence-electron chi connectivity index (χ4n) is 4.21. The molecule has 20 heteroatoms. The van der Waals surface area contributed by atoms with Crippen molar-refractivity contribution >= 4 is 29.3 Å². The molecule has 2 amide bonds. The zero-order valence-corrected chi connectivity index (χ0v) is 24.9. The predicted octanol–water partition coefficient (Wildman–Crippen LogP) is 2.74. The van der Waals surface area contributed by atoms with Gasteiger partial charge in [-0.15, -0.1) is 23.4 Å². The van der Waals surface area contributed by atoms with Crippen LogP contribution >= 0.6 is 0 Å². The van der Waals surface area contributed by atoms with Crippen molar-refractivity contribution in [3.05, 3.63) is 54.0 Å². The van der Waals surface area contributed by atoms with Gasteiger partial charge in [0.05, 0.1) is 18.4 Å². The molecule has 0 atom stereocenters. The largest absolute Gasteiger partial charge is 0.573 e. The number of hydrogen-bond donors (Lipinski definition) is 3. The van der Waals surface area contributed by atoms with Crippen LogP contribution < -0.4 is 20.3 Å². The zero-order chi connectivity index (χ0) is 34.6. The first-order valence-corrected chi connectivity index (χ1v) is 14.0. The molecule has 0 unspecified atom stereocenters. The second-order valence-electron chi connectivity index (χ2n) is 9.97. The fourth-order valence-corrected chi connectivity index (χ4v) is 4.21. The summed E-state index contributed by atoms with van der Waals surface area (Å²) >= 11 is 0. The minimum Gasteiger partial charge on any atom is -0.475 e. The first-order valence-electron chi connectivity index (χ1n) is 14.0. The van der Waals surface area contributed by atoms with E-state index in [1.165, 1.54) is 25.2 Å². The van der Waals surface area contributed by atoms with Crippen LogP contribution in [0.3, 0.4) is 0 Å². The molecule has 47 heavy (non-hydrogen) atoms. The Morgan fingerprint density at radius 2 is 1.66 bits per heavy atom. The van der Waals surface area contributed by atoms with Crippen molar-refractivity contribution in [2.75, 3.05) is 50.0 Å². The molecule has 256 valence electrons. The minimum absolute atomic E-state index is 0.165. The molecule has 0 spiro atoms. The zero-order valence-electron chi connectivity index (χ0n) is 24.9. The van der Waals surface area contributed by atoms with Gasteiger partial charge in [0.25, 0.3) is 5.91 Å².